The molecule has 0 bridgehead atoms. The summed E-state index contributed by atoms with van der Waals surface area (Å²) in [5.41, 5.74) is 1.65. The first kappa shape index (κ1) is 19.3. The van der Waals surface area contributed by atoms with E-state index >= 15 is 0 Å². The van der Waals surface area contributed by atoms with Crippen molar-refractivity contribution in [3.05, 3.63) is 29.8 Å². The highest BCUT2D eigenvalue weighted by atomic mass is 35.5. The molecule has 1 aromatic rings. The van der Waals surface area contributed by atoms with E-state index < -0.39 is 0 Å². The second-order valence-electron chi connectivity index (χ2n) is 5.58. The quantitative estimate of drug-likeness (QED) is 0.607. The molecule has 0 saturated carbocycles. The smallest absolute Gasteiger partial charge is 0.319 e. The molecule has 7 heteroatoms. The third-order valence-corrected chi connectivity index (χ3v) is 3.57. The van der Waals surface area contributed by atoms with Crippen LogP contribution in [0.5, 0.6) is 0 Å². The molecule has 1 aliphatic rings. The second-order valence-corrected chi connectivity index (χ2v) is 5.58. The van der Waals surface area contributed by atoms with Crippen LogP contribution in [0.25, 0.3) is 0 Å². The van der Waals surface area contributed by atoms with Gasteiger partial charge < -0.3 is 21.3 Å². The number of hydrogen-bond acceptors (Lipinski definition) is 3. The van der Waals surface area contributed by atoms with Crippen LogP contribution in [0.2, 0.25) is 0 Å². The zero-order valence-electron chi connectivity index (χ0n) is 13.4. The molecule has 0 atom stereocenters. The summed E-state index contributed by atoms with van der Waals surface area (Å²) in [4.78, 5) is 23.4. The van der Waals surface area contributed by atoms with Gasteiger partial charge in [-0.05, 0) is 24.1 Å². The normalized spacial score (nSPS) is 13.4. The summed E-state index contributed by atoms with van der Waals surface area (Å²) in [7, 11) is 0. The van der Waals surface area contributed by atoms with Crippen LogP contribution in [0.3, 0.4) is 0 Å². The van der Waals surface area contributed by atoms with E-state index in [9.17, 15) is 9.59 Å². The first-order valence-corrected chi connectivity index (χ1v) is 7.78. The highest BCUT2D eigenvalue weighted by molar-refractivity contribution is 5.89. The van der Waals surface area contributed by atoms with E-state index in [0.717, 1.165) is 37.3 Å². The van der Waals surface area contributed by atoms with E-state index in [-0.39, 0.29) is 24.3 Å². The fraction of sp³-hybridized carbons (Fsp3) is 0.500. The number of carbonyl (C=O) groups excluding carboxylic acids is 2. The largest absolute Gasteiger partial charge is 0.355 e. The summed E-state index contributed by atoms with van der Waals surface area (Å²) in [5.74, 6) is 0.602. The third-order valence-electron chi connectivity index (χ3n) is 3.57. The minimum absolute atomic E-state index is 0. The fourth-order valence-corrected chi connectivity index (χ4v) is 2.12. The number of hydrogen-bond donors (Lipinski definition) is 4. The molecule has 6 nitrogen and oxygen atoms in total. The van der Waals surface area contributed by atoms with Gasteiger partial charge in [0, 0.05) is 37.8 Å². The molecular weight excluding hydrogens is 316 g/mol. The van der Waals surface area contributed by atoms with Gasteiger partial charge in [-0.3, -0.25) is 4.79 Å². The Hall–Kier alpha value is -1.79. The third kappa shape index (κ3) is 6.88. The number of carbonyl (C=O) groups is 2. The number of amides is 3. The highest BCUT2D eigenvalue weighted by Gasteiger charge is 2.17. The van der Waals surface area contributed by atoms with Crippen LogP contribution in [0.15, 0.2) is 24.3 Å². The number of nitrogens with one attached hydrogen (secondary N) is 4. The minimum Gasteiger partial charge on any atom is -0.355 e. The summed E-state index contributed by atoms with van der Waals surface area (Å²) < 4.78 is 0. The number of anilines is 1. The maximum Gasteiger partial charge on any atom is 0.319 e. The van der Waals surface area contributed by atoms with Gasteiger partial charge >= 0.3 is 6.03 Å². The van der Waals surface area contributed by atoms with E-state index in [0.29, 0.717) is 18.9 Å². The summed E-state index contributed by atoms with van der Waals surface area (Å²) in [5, 5.41) is 11.6. The van der Waals surface area contributed by atoms with Gasteiger partial charge in [-0.15, -0.1) is 12.4 Å². The summed E-state index contributed by atoms with van der Waals surface area (Å²) >= 11 is 0. The van der Waals surface area contributed by atoms with Crippen LogP contribution >= 0.6 is 12.4 Å². The lowest BCUT2D eigenvalue weighted by molar-refractivity contribution is -0.120. The Morgan fingerprint density at radius 2 is 1.87 bits per heavy atom. The average molecular weight is 341 g/mol. The van der Waals surface area contributed by atoms with Crippen LogP contribution in [0.4, 0.5) is 10.5 Å². The molecule has 0 aliphatic carbocycles. The molecule has 1 fully saturated rings. The van der Waals surface area contributed by atoms with Crippen molar-refractivity contribution in [2.45, 2.75) is 19.8 Å². The number of benzene rings is 1. The molecular formula is C16H25ClN4O2. The van der Waals surface area contributed by atoms with Crippen molar-refractivity contribution in [1.29, 1.82) is 0 Å². The zero-order chi connectivity index (χ0) is 15.8. The Morgan fingerprint density at radius 1 is 1.17 bits per heavy atom. The SMILES string of the molecule is CCCNC(=O)Nc1ccc(CC(=O)NCC2CNC2)cc1.Cl. The van der Waals surface area contributed by atoms with Crippen LogP contribution in [-0.2, 0) is 11.2 Å². The molecule has 1 aromatic carbocycles. The number of urea groups is 1. The van der Waals surface area contributed by atoms with E-state index in [1.165, 1.54) is 0 Å². The Kier molecular flexibility index (Phi) is 8.43. The first-order chi connectivity index (χ1) is 10.7. The average Bonchev–Trinajstić information content (AvgIpc) is 2.45. The minimum atomic E-state index is -0.207. The van der Waals surface area contributed by atoms with Gasteiger partial charge in [-0.2, -0.15) is 0 Å². The molecule has 1 saturated heterocycles. The van der Waals surface area contributed by atoms with Crippen LogP contribution in [0, 0.1) is 5.92 Å². The molecule has 1 aliphatic heterocycles. The first-order valence-electron chi connectivity index (χ1n) is 7.78. The molecule has 0 aromatic heterocycles. The van der Waals surface area contributed by atoms with Gasteiger partial charge in [0.25, 0.3) is 0 Å². The molecule has 4 N–H and O–H groups in total. The lowest BCUT2D eigenvalue weighted by Gasteiger charge is -2.27. The van der Waals surface area contributed by atoms with E-state index in [2.05, 4.69) is 21.3 Å². The van der Waals surface area contributed by atoms with Crippen LogP contribution < -0.4 is 21.3 Å². The predicted octanol–water partition coefficient (Wildman–Crippen LogP) is 1.52. The molecule has 0 spiro atoms. The fourth-order valence-electron chi connectivity index (χ4n) is 2.12. The van der Waals surface area contributed by atoms with E-state index in [1.54, 1.807) is 0 Å². The molecule has 0 unspecified atom stereocenters. The lowest BCUT2D eigenvalue weighted by atomic mass is 10.0. The Bertz CT molecular complexity index is 503. The lowest BCUT2D eigenvalue weighted by Crippen LogP contribution is -2.48. The van der Waals surface area contributed by atoms with Crippen molar-refractivity contribution in [3.63, 3.8) is 0 Å². The van der Waals surface area contributed by atoms with Crippen molar-refractivity contribution in [2.75, 3.05) is 31.5 Å². The van der Waals surface area contributed by atoms with E-state index in [4.69, 9.17) is 0 Å². The van der Waals surface area contributed by atoms with Gasteiger partial charge in [0.1, 0.15) is 0 Å². The predicted molar refractivity (Wildman–Crippen MR) is 94.1 cm³/mol. The van der Waals surface area contributed by atoms with E-state index in [1.807, 2.05) is 31.2 Å². The maximum absolute atomic E-state index is 11.8. The Labute approximate surface area is 143 Å². The molecule has 1 heterocycles. The van der Waals surface area contributed by atoms with Gasteiger partial charge in [-0.1, -0.05) is 19.1 Å². The highest BCUT2D eigenvalue weighted by Crippen LogP contribution is 2.10. The van der Waals surface area contributed by atoms with Crippen molar-refractivity contribution in [1.82, 2.24) is 16.0 Å². The summed E-state index contributed by atoms with van der Waals surface area (Å²) in [6.07, 6.45) is 1.26. The molecule has 3 amide bonds. The van der Waals surface area contributed by atoms with Gasteiger partial charge in [-0.25, -0.2) is 4.79 Å². The van der Waals surface area contributed by atoms with Gasteiger partial charge in [0.05, 0.1) is 6.42 Å². The molecule has 2 rings (SSSR count). The Morgan fingerprint density at radius 3 is 2.43 bits per heavy atom. The van der Waals surface area contributed by atoms with Crippen LogP contribution in [0.1, 0.15) is 18.9 Å². The Balaban J connectivity index is 0.00000264. The second kappa shape index (κ2) is 10.1. The molecule has 0 radical (unpaired) electrons. The summed E-state index contributed by atoms with van der Waals surface area (Å²) in [6.45, 7) is 5.37. The van der Waals surface area contributed by atoms with Gasteiger partial charge in [0.2, 0.25) is 5.91 Å². The molecule has 128 valence electrons. The summed E-state index contributed by atoms with van der Waals surface area (Å²) in [6, 6.07) is 7.13. The van der Waals surface area contributed by atoms with Gasteiger partial charge in [0.15, 0.2) is 0 Å². The van der Waals surface area contributed by atoms with Crippen LogP contribution in [-0.4, -0.2) is 38.1 Å². The topological polar surface area (TPSA) is 82.3 Å². The monoisotopic (exact) mass is 340 g/mol. The molecule has 23 heavy (non-hydrogen) atoms. The number of halogens is 1. The zero-order valence-corrected chi connectivity index (χ0v) is 14.2. The van der Waals surface area contributed by atoms with Crippen molar-refractivity contribution < 1.29 is 9.59 Å². The maximum atomic E-state index is 11.8. The number of rotatable bonds is 7. The van der Waals surface area contributed by atoms with Crippen molar-refractivity contribution in [3.8, 4) is 0 Å². The van der Waals surface area contributed by atoms with Crippen molar-refractivity contribution in [2.24, 2.45) is 5.92 Å². The standard InChI is InChI=1S/C16H24N4O2.ClH/c1-2-7-18-16(22)20-14-5-3-12(4-6-14)8-15(21)19-11-13-9-17-10-13;/h3-6,13,17H,2,7-11H2,1H3,(H,19,21)(H2,18,20,22);1H. The van der Waals surface area contributed by atoms with Crippen molar-refractivity contribution >= 4 is 30.0 Å².